The molecule has 1 aromatic carbocycles. The van der Waals surface area contributed by atoms with Crippen molar-refractivity contribution in [1.29, 1.82) is 0 Å². The van der Waals surface area contributed by atoms with E-state index in [2.05, 4.69) is 28.6 Å². The number of hydrogen-bond acceptors (Lipinski definition) is 1. The van der Waals surface area contributed by atoms with Crippen LogP contribution in [0.25, 0.3) is 0 Å². The van der Waals surface area contributed by atoms with Gasteiger partial charge in [-0.2, -0.15) is 4.99 Å². The molecule has 0 bridgehead atoms. The molecule has 80 valence electrons. The van der Waals surface area contributed by atoms with E-state index in [-0.39, 0.29) is 11.1 Å². The van der Waals surface area contributed by atoms with E-state index in [4.69, 9.17) is 11.5 Å². The number of nitrogens with two attached hydrogens (primary N) is 2. The summed E-state index contributed by atoms with van der Waals surface area (Å²) in [6, 6.07) is 5.98. The van der Waals surface area contributed by atoms with Gasteiger partial charge in [-0.3, -0.25) is 0 Å². The minimum atomic E-state index is 0.0183. The molecule has 0 saturated carbocycles. The van der Waals surface area contributed by atoms with Crippen LogP contribution >= 0.6 is 12.2 Å². The van der Waals surface area contributed by atoms with Crippen molar-refractivity contribution in [2.45, 2.75) is 13.8 Å². The monoisotopic (exact) mass is 222 g/mol. The van der Waals surface area contributed by atoms with Crippen LogP contribution in [0.5, 0.6) is 0 Å². The van der Waals surface area contributed by atoms with Gasteiger partial charge in [-0.05, 0) is 37.7 Å². The summed E-state index contributed by atoms with van der Waals surface area (Å²) in [5, 5.41) is 2.95. The first-order chi connectivity index (χ1) is 6.99. The highest BCUT2D eigenvalue weighted by atomic mass is 32.1. The smallest absolute Gasteiger partial charge is 0.200 e. The molecule has 5 heteroatoms. The van der Waals surface area contributed by atoms with Gasteiger partial charge < -0.3 is 16.8 Å². The third kappa shape index (κ3) is 3.55. The number of rotatable bonds is 1. The van der Waals surface area contributed by atoms with E-state index >= 15 is 0 Å². The maximum absolute atomic E-state index is 5.58. The summed E-state index contributed by atoms with van der Waals surface area (Å²) < 4.78 is 0. The normalized spacial score (nSPS) is 11.2. The zero-order chi connectivity index (χ0) is 11.4. The average Bonchev–Trinajstić information content (AvgIpc) is 2.08. The molecular weight excluding hydrogens is 208 g/mol. The maximum Gasteiger partial charge on any atom is 0.200 e. The molecule has 0 spiro atoms. The summed E-state index contributed by atoms with van der Waals surface area (Å²) in [5.41, 5.74) is 14.0. The highest BCUT2D eigenvalue weighted by Gasteiger charge is 1.99. The van der Waals surface area contributed by atoms with Crippen molar-refractivity contribution in [2.24, 2.45) is 16.5 Å². The van der Waals surface area contributed by atoms with Crippen molar-refractivity contribution in [3.8, 4) is 0 Å². The molecule has 0 unspecified atom stereocenters. The molecule has 4 nitrogen and oxygen atoms in total. The zero-order valence-electron chi connectivity index (χ0n) is 8.74. The van der Waals surface area contributed by atoms with E-state index in [1.807, 2.05) is 26.0 Å². The molecule has 15 heavy (non-hydrogen) atoms. The molecule has 5 N–H and O–H groups in total. The number of nitrogens with one attached hydrogen (secondary N) is 1. The number of benzene rings is 1. The third-order valence-corrected chi connectivity index (χ3v) is 1.97. The molecule has 0 atom stereocenters. The van der Waals surface area contributed by atoms with E-state index in [0.29, 0.717) is 0 Å². The van der Waals surface area contributed by atoms with Crippen molar-refractivity contribution in [3.63, 3.8) is 0 Å². The largest absolute Gasteiger partial charge is 0.374 e. The Bertz CT molecular complexity index is 412. The van der Waals surface area contributed by atoms with Gasteiger partial charge in [0.25, 0.3) is 0 Å². The van der Waals surface area contributed by atoms with E-state index in [1.54, 1.807) is 0 Å². The second-order valence-electron chi connectivity index (χ2n) is 3.28. The molecule has 0 saturated heterocycles. The number of hydrogen-bond donors (Lipinski definition) is 3. The third-order valence-electron chi connectivity index (χ3n) is 1.88. The van der Waals surface area contributed by atoms with Crippen LogP contribution in [0.1, 0.15) is 11.1 Å². The van der Waals surface area contributed by atoms with Crippen LogP contribution in [0.4, 0.5) is 5.69 Å². The number of aliphatic imine (C=N–C) groups is 1. The van der Waals surface area contributed by atoms with Gasteiger partial charge in [0.15, 0.2) is 5.11 Å². The van der Waals surface area contributed by atoms with E-state index in [9.17, 15) is 0 Å². The SMILES string of the molecule is Cc1ccc(N/C(N)=N/C(N)=S)c(C)c1. The zero-order valence-corrected chi connectivity index (χ0v) is 9.56. The molecule has 0 aliphatic rings. The van der Waals surface area contributed by atoms with Crippen molar-refractivity contribution in [1.82, 2.24) is 0 Å². The van der Waals surface area contributed by atoms with Crippen LogP contribution in [0.2, 0.25) is 0 Å². The Morgan fingerprint density at radius 1 is 1.33 bits per heavy atom. The Balaban J connectivity index is 2.86. The average molecular weight is 222 g/mol. The van der Waals surface area contributed by atoms with Gasteiger partial charge >= 0.3 is 0 Å². The molecular formula is C10H14N4S. The van der Waals surface area contributed by atoms with Crippen molar-refractivity contribution in [3.05, 3.63) is 29.3 Å². The minimum absolute atomic E-state index is 0.0183. The lowest BCUT2D eigenvalue weighted by Gasteiger charge is -2.08. The van der Waals surface area contributed by atoms with Gasteiger partial charge in [0.2, 0.25) is 5.96 Å². The Labute approximate surface area is 94.4 Å². The Kier molecular flexibility index (Phi) is 3.62. The van der Waals surface area contributed by atoms with E-state index in [1.165, 1.54) is 5.56 Å². The number of nitrogens with zero attached hydrogens (tertiary/aromatic N) is 1. The topological polar surface area (TPSA) is 76.4 Å². The fourth-order valence-electron chi connectivity index (χ4n) is 1.24. The first kappa shape index (κ1) is 11.5. The molecule has 0 fully saturated rings. The summed E-state index contributed by atoms with van der Waals surface area (Å²) >= 11 is 4.61. The number of thiocarbonyl (C=S) groups is 1. The van der Waals surface area contributed by atoms with E-state index in [0.717, 1.165) is 11.3 Å². The molecule has 1 rings (SSSR count). The molecule has 1 aromatic rings. The van der Waals surface area contributed by atoms with Crippen LogP contribution in [0.15, 0.2) is 23.2 Å². The van der Waals surface area contributed by atoms with Gasteiger partial charge in [-0.25, -0.2) is 0 Å². The number of aryl methyl sites for hydroxylation is 2. The second kappa shape index (κ2) is 4.75. The fraction of sp³-hybridized carbons (Fsp3) is 0.200. The lowest BCUT2D eigenvalue weighted by atomic mass is 10.1. The molecule has 0 heterocycles. The van der Waals surface area contributed by atoms with Crippen LogP contribution in [-0.2, 0) is 0 Å². The summed E-state index contributed by atoms with van der Waals surface area (Å²) in [6.45, 7) is 4.02. The Hall–Kier alpha value is -1.62. The van der Waals surface area contributed by atoms with Gasteiger partial charge in [0, 0.05) is 5.69 Å². The van der Waals surface area contributed by atoms with Crippen LogP contribution in [0.3, 0.4) is 0 Å². The number of guanidine groups is 1. The standard InChI is InChI=1S/C10H14N4S/c1-6-3-4-8(7(2)5-6)13-9(11)14-10(12)15/h3-5H,1-2H3,(H5,11,12,13,14,15). The minimum Gasteiger partial charge on any atom is -0.374 e. The summed E-state index contributed by atoms with van der Waals surface area (Å²) in [7, 11) is 0. The summed E-state index contributed by atoms with van der Waals surface area (Å²) in [4.78, 5) is 3.73. The molecule has 0 aliphatic heterocycles. The Morgan fingerprint density at radius 3 is 2.53 bits per heavy atom. The van der Waals surface area contributed by atoms with Gasteiger partial charge in [0.05, 0.1) is 0 Å². The highest BCUT2D eigenvalue weighted by molar-refractivity contribution is 7.80. The molecule has 0 aromatic heterocycles. The second-order valence-corrected chi connectivity index (χ2v) is 3.70. The van der Waals surface area contributed by atoms with Crippen molar-refractivity contribution in [2.75, 3.05) is 5.32 Å². The number of anilines is 1. The van der Waals surface area contributed by atoms with Crippen LogP contribution < -0.4 is 16.8 Å². The first-order valence-electron chi connectivity index (χ1n) is 4.47. The highest BCUT2D eigenvalue weighted by Crippen LogP contribution is 2.15. The molecule has 0 aliphatic carbocycles. The summed E-state index contributed by atoms with van der Waals surface area (Å²) in [5.74, 6) is 0.203. The van der Waals surface area contributed by atoms with Gasteiger partial charge in [-0.1, -0.05) is 17.7 Å². The van der Waals surface area contributed by atoms with Gasteiger partial charge in [0.1, 0.15) is 0 Å². The van der Waals surface area contributed by atoms with Crippen LogP contribution in [0, 0.1) is 13.8 Å². The maximum atomic E-state index is 5.58. The lowest BCUT2D eigenvalue weighted by molar-refractivity contribution is 1.37. The fourth-order valence-corrected chi connectivity index (χ4v) is 1.34. The van der Waals surface area contributed by atoms with E-state index < -0.39 is 0 Å². The molecule has 0 amide bonds. The Morgan fingerprint density at radius 2 is 2.00 bits per heavy atom. The van der Waals surface area contributed by atoms with Crippen molar-refractivity contribution >= 4 is 29.0 Å². The van der Waals surface area contributed by atoms with Crippen LogP contribution in [-0.4, -0.2) is 11.1 Å². The summed E-state index contributed by atoms with van der Waals surface area (Å²) in [6.07, 6.45) is 0. The lowest BCUT2D eigenvalue weighted by Crippen LogP contribution is -2.25. The van der Waals surface area contributed by atoms with Gasteiger partial charge in [-0.15, -0.1) is 0 Å². The van der Waals surface area contributed by atoms with Crippen molar-refractivity contribution < 1.29 is 0 Å². The quantitative estimate of drug-likeness (QED) is 0.380. The predicted molar refractivity (Wildman–Crippen MR) is 67.9 cm³/mol. The predicted octanol–water partition coefficient (Wildman–Crippen LogP) is 1.27. The first-order valence-corrected chi connectivity index (χ1v) is 4.87. The molecule has 0 radical (unpaired) electrons.